The number of hydrogen-bond acceptors (Lipinski definition) is 2. The lowest BCUT2D eigenvalue weighted by Gasteiger charge is -2.34. The molecule has 3 aromatic carbocycles. The van der Waals surface area contributed by atoms with Crippen LogP contribution in [-0.4, -0.2) is 21.8 Å². The number of halogens is 1. The van der Waals surface area contributed by atoms with Crippen molar-refractivity contribution < 1.29 is 14.6 Å². The van der Waals surface area contributed by atoms with E-state index in [0.717, 1.165) is 79.0 Å². The van der Waals surface area contributed by atoms with Crippen molar-refractivity contribution in [3.05, 3.63) is 129 Å². The lowest BCUT2D eigenvalue weighted by Crippen LogP contribution is -3.12. The molecule has 6 aromatic rings. The summed E-state index contributed by atoms with van der Waals surface area (Å²) in [4.78, 5) is 9.02. The number of H-pyrrole nitrogens is 3. The standard InChI is InChI=1S/C40H40ClN7/c41-29-13-14-33-35(22-29)43-36-21-26-18-25(19-28(20-26)37(36)38(33)42)8-6-7-16-48-24-30(45-46-48)23-47-17-15-32-31-11-4-5-12-34(31)44-39(32)40(47)27-9-2-1-3-10-27/h1-5,9-14,18,22,24,26,28,40,44H,6-8,15-17,19-21,23H2,(H2,42,43)/p+3. The maximum Gasteiger partial charge on any atom is 0.272 e. The molecule has 2 aliphatic carbocycles. The van der Waals surface area contributed by atoms with Gasteiger partial charge in [-0.25, -0.2) is 4.98 Å². The number of nitrogen functional groups attached to an aromatic ring is 1. The summed E-state index contributed by atoms with van der Waals surface area (Å²) in [5.41, 5.74) is 19.6. The van der Waals surface area contributed by atoms with Crippen molar-refractivity contribution >= 4 is 39.1 Å². The molecular formula is C40H43ClN7+3. The molecular weight excluding hydrogens is 614 g/mol. The van der Waals surface area contributed by atoms with Gasteiger partial charge in [-0.3, -0.25) is 0 Å². The van der Waals surface area contributed by atoms with E-state index in [-0.39, 0.29) is 6.04 Å². The molecule has 0 radical (unpaired) electrons. The van der Waals surface area contributed by atoms with Crippen molar-refractivity contribution in [3.63, 3.8) is 0 Å². The van der Waals surface area contributed by atoms with Crippen LogP contribution in [0.4, 0.5) is 5.69 Å². The third kappa shape index (κ3) is 5.39. The lowest BCUT2D eigenvalue weighted by atomic mass is 9.70. The summed E-state index contributed by atoms with van der Waals surface area (Å²) in [6.07, 6.45) is 12.7. The molecule has 9 rings (SSSR count). The number of rotatable bonds is 8. The van der Waals surface area contributed by atoms with E-state index in [1.165, 1.54) is 56.7 Å². The maximum absolute atomic E-state index is 6.79. The predicted molar refractivity (Wildman–Crippen MR) is 190 cm³/mol. The minimum absolute atomic E-state index is 0.258. The number of aromatic nitrogens is 5. The summed E-state index contributed by atoms with van der Waals surface area (Å²) in [7, 11) is 0. The first-order valence-corrected chi connectivity index (χ1v) is 18.0. The average Bonchev–Trinajstić information content (AvgIpc) is 3.70. The van der Waals surface area contributed by atoms with Gasteiger partial charge in [-0.05, 0) is 67.7 Å². The number of nitrogens with zero attached hydrogens (tertiary/aromatic N) is 2. The van der Waals surface area contributed by atoms with Gasteiger partial charge in [0.25, 0.3) is 5.69 Å². The molecule has 6 N–H and O–H groups in total. The summed E-state index contributed by atoms with van der Waals surface area (Å²) in [5, 5.41) is 11.3. The molecule has 4 unspecified atom stereocenters. The van der Waals surface area contributed by atoms with Crippen LogP contribution in [0.5, 0.6) is 0 Å². The first-order chi connectivity index (χ1) is 23.6. The smallest absolute Gasteiger partial charge is 0.272 e. The van der Waals surface area contributed by atoms with Crippen LogP contribution in [0, 0.1) is 5.92 Å². The highest BCUT2D eigenvalue weighted by Gasteiger charge is 2.38. The van der Waals surface area contributed by atoms with E-state index in [1.807, 2.05) is 12.1 Å². The van der Waals surface area contributed by atoms with Gasteiger partial charge >= 0.3 is 0 Å². The third-order valence-electron chi connectivity index (χ3n) is 11.2. The van der Waals surface area contributed by atoms with Gasteiger partial charge in [-0.15, -0.1) is 0 Å². The summed E-state index contributed by atoms with van der Waals surface area (Å²) in [5.74, 6) is 1.08. The molecule has 3 aromatic heterocycles. The molecule has 1 aliphatic heterocycles. The van der Waals surface area contributed by atoms with Crippen molar-refractivity contribution in [3.8, 4) is 0 Å². The van der Waals surface area contributed by atoms with Crippen LogP contribution in [0.25, 0.3) is 21.8 Å². The first-order valence-electron chi connectivity index (χ1n) is 17.6. The Kier molecular flexibility index (Phi) is 7.54. The van der Waals surface area contributed by atoms with Crippen molar-refractivity contribution in [1.29, 1.82) is 0 Å². The second-order valence-electron chi connectivity index (χ2n) is 14.3. The summed E-state index contributed by atoms with van der Waals surface area (Å²) in [6, 6.07) is 26.0. The Morgan fingerprint density at radius 1 is 1.00 bits per heavy atom. The van der Waals surface area contributed by atoms with Crippen LogP contribution in [0.3, 0.4) is 0 Å². The Labute approximate surface area is 285 Å². The number of fused-ring (bicyclic) bond motifs is 8. The molecule has 0 saturated heterocycles. The first kappa shape index (κ1) is 29.7. The molecule has 2 bridgehead atoms. The van der Waals surface area contributed by atoms with Crippen LogP contribution < -0.4 is 20.3 Å². The van der Waals surface area contributed by atoms with Crippen LogP contribution in [0.1, 0.15) is 77.8 Å². The maximum atomic E-state index is 6.79. The van der Waals surface area contributed by atoms with Crippen molar-refractivity contribution in [2.45, 2.75) is 70.0 Å². The van der Waals surface area contributed by atoms with E-state index in [9.17, 15) is 0 Å². The number of nitrogens with one attached hydrogen (secondary N) is 4. The Balaban J connectivity index is 0.840. The van der Waals surface area contributed by atoms with Crippen LogP contribution in [0.2, 0.25) is 5.02 Å². The van der Waals surface area contributed by atoms with Gasteiger partial charge in [-0.1, -0.05) is 77.0 Å². The van der Waals surface area contributed by atoms with Crippen molar-refractivity contribution in [2.24, 2.45) is 5.92 Å². The van der Waals surface area contributed by atoms with Crippen LogP contribution >= 0.6 is 11.6 Å². The predicted octanol–water partition coefficient (Wildman–Crippen LogP) is 5.96. The molecule has 48 heavy (non-hydrogen) atoms. The quantitative estimate of drug-likeness (QED) is 0.0925. The molecule has 7 nitrogen and oxygen atoms in total. The Morgan fingerprint density at radius 2 is 1.88 bits per heavy atom. The van der Waals surface area contributed by atoms with Crippen molar-refractivity contribution in [1.82, 2.24) is 15.3 Å². The number of pyridine rings is 1. The number of unbranched alkanes of at least 4 members (excludes halogenated alkanes) is 1. The molecule has 0 saturated carbocycles. The van der Waals surface area contributed by atoms with E-state index >= 15 is 0 Å². The molecule has 4 heterocycles. The molecule has 0 amide bonds. The topological polar surface area (TPSA) is 92.9 Å². The van der Waals surface area contributed by atoms with E-state index in [0.29, 0.717) is 11.8 Å². The number of benzene rings is 3. The molecule has 3 aliphatic rings. The van der Waals surface area contributed by atoms with E-state index in [1.54, 1.807) is 5.57 Å². The van der Waals surface area contributed by atoms with Crippen LogP contribution in [0.15, 0.2) is 90.6 Å². The summed E-state index contributed by atoms with van der Waals surface area (Å²) < 4.78 is 2.18. The summed E-state index contributed by atoms with van der Waals surface area (Å²) >= 11 is 6.28. The van der Waals surface area contributed by atoms with Gasteiger partial charge in [0.05, 0.1) is 23.3 Å². The lowest BCUT2D eigenvalue weighted by molar-refractivity contribution is -0.942. The summed E-state index contributed by atoms with van der Waals surface area (Å²) in [6.45, 7) is 2.92. The van der Waals surface area contributed by atoms with Gasteiger partial charge < -0.3 is 15.6 Å². The molecule has 0 spiro atoms. The van der Waals surface area contributed by atoms with Gasteiger partial charge in [0.15, 0.2) is 24.5 Å². The van der Waals surface area contributed by atoms with Gasteiger partial charge in [0.2, 0.25) is 5.52 Å². The second kappa shape index (κ2) is 12.2. The van der Waals surface area contributed by atoms with E-state index in [2.05, 4.69) is 92.8 Å². The van der Waals surface area contributed by atoms with Gasteiger partial charge in [-0.2, -0.15) is 4.68 Å². The molecule has 242 valence electrons. The monoisotopic (exact) mass is 656 g/mol. The molecule has 0 fully saturated rings. The van der Waals surface area contributed by atoms with Gasteiger partial charge in [0.1, 0.15) is 6.54 Å². The fraction of sp³-hybridized carbons (Fsp3) is 0.325. The minimum atomic E-state index is 0.258. The zero-order valence-corrected chi connectivity index (χ0v) is 28.0. The minimum Gasteiger partial charge on any atom is -0.398 e. The number of aromatic amines is 3. The highest BCUT2D eigenvalue weighted by atomic mass is 35.5. The van der Waals surface area contributed by atoms with E-state index in [4.69, 9.17) is 22.4 Å². The number of nitrogens with two attached hydrogens (primary N) is 1. The highest BCUT2D eigenvalue weighted by molar-refractivity contribution is 6.31. The zero-order valence-electron chi connectivity index (χ0n) is 27.2. The normalized spacial score (nSPS) is 21.6. The highest BCUT2D eigenvalue weighted by Crippen LogP contribution is 2.46. The average molecular weight is 657 g/mol. The Bertz CT molecular complexity index is 2160. The Morgan fingerprint density at radius 3 is 2.79 bits per heavy atom. The number of para-hydroxylation sites is 1. The van der Waals surface area contributed by atoms with E-state index < -0.39 is 0 Å². The zero-order chi connectivity index (χ0) is 32.2. The fourth-order valence-corrected chi connectivity index (χ4v) is 9.28. The largest absolute Gasteiger partial charge is 0.398 e. The number of anilines is 1. The molecule has 4 atom stereocenters. The van der Waals surface area contributed by atoms with Crippen molar-refractivity contribution in [2.75, 3.05) is 12.3 Å². The fourth-order valence-electron chi connectivity index (χ4n) is 9.11. The number of hydrogen-bond donors (Lipinski definition) is 4. The SMILES string of the molecule is Nc1c2c([nH+]c3cc(Cl)ccc13)CC1C=C(CCCC[n+]3cc(C[NH+]4CCc5c([nH]c6ccccc56)C4c4ccccc4)n[nH]3)CC2C1. The number of quaternary nitrogens is 1. The Hall–Kier alpha value is -4.46. The van der Waals surface area contributed by atoms with Gasteiger partial charge in [0, 0.05) is 51.1 Å². The number of aryl methyl sites for hydroxylation is 1. The van der Waals surface area contributed by atoms with Crippen LogP contribution in [-0.2, 0) is 25.9 Å². The number of allylic oxidation sites excluding steroid dienone is 2. The second-order valence-corrected chi connectivity index (χ2v) is 14.7. The third-order valence-corrected chi connectivity index (χ3v) is 11.4. The molecule has 8 heteroatoms.